The van der Waals surface area contributed by atoms with Gasteiger partial charge in [0.15, 0.2) is 0 Å². The van der Waals surface area contributed by atoms with Crippen LogP contribution in [0.5, 0.6) is 0 Å². The molecule has 0 saturated heterocycles. The first-order valence-electron chi connectivity index (χ1n) is 2.78. The summed E-state index contributed by atoms with van der Waals surface area (Å²) >= 11 is 2.10. The van der Waals surface area contributed by atoms with E-state index in [1.807, 2.05) is 13.8 Å². The predicted octanol–water partition coefficient (Wildman–Crippen LogP) is 1.46. The maximum atomic E-state index is 10.7. The van der Waals surface area contributed by atoms with Gasteiger partial charge < -0.3 is 5.32 Å². The molecule has 0 aromatic heterocycles. The van der Waals surface area contributed by atoms with E-state index in [0.29, 0.717) is 6.54 Å². The largest absolute Gasteiger partial charge is 0.353 e. The van der Waals surface area contributed by atoms with E-state index in [1.54, 1.807) is 6.08 Å². The highest BCUT2D eigenvalue weighted by Gasteiger charge is 1.90. The van der Waals surface area contributed by atoms with E-state index in [1.165, 1.54) is 0 Å². The van der Waals surface area contributed by atoms with Gasteiger partial charge in [-0.2, -0.15) is 0 Å². The molecule has 0 aromatic carbocycles. The van der Waals surface area contributed by atoms with Gasteiger partial charge in [0.2, 0.25) is 5.91 Å². The highest BCUT2D eigenvalue weighted by Crippen LogP contribution is 2.00. The van der Waals surface area contributed by atoms with E-state index in [4.69, 9.17) is 0 Å². The average molecular weight is 239 g/mol. The van der Waals surface area contributed by atoms with Crippen LogP contribution in [0.3, 0.4) is 0 Å². The monoisotopic (exact) mass is 239 g/mol. The first kappa shape index (κ1) is 8.94. The summed E-state index contributed by atoms with van der Waals surface area (Å²) in [5.41, 5.74) is 0. The lowest BCUT2D eigenvalue weighted by Crippen LogP contribution is -2.19. The molecular weight excluding hydrogens is 229 g/mol. The Bertz CT molecular complexity index is 127. The van der Waals surface area contributed by atoms with Gasteiger partial charge in [0.1, 0.15) is 0 Å². The summed E-state index contributed by atoms with van der Waals surface area (Å²) in [7, 11) is 0. The van der Waals surface area contributed by atoms with Crippen LogP contribution in [0.15, 0.2) is 9.66 Å². The van der Waals surface area contributed by atoms with Crippen molar-refractivity contribution in [1.82, 2.24) is 5.32 Å². The van der Waals surface area contributed by atoms with Crippen LogP contribution in [0.4, 0.5) is 0 Å². The van der Waals surface area contributed by atoms with Crippen LogP contribution >= 0.6 is 22.6 Å². The fraction of sp³-hybridized carbons (Fsp3) is 0.500. The van der Waals surface area contributed by atoms with Gasteiger partial charge in [-0.3, -0.25) is 4.79 Å². The Hall–Kier alpha value is -0.0600. The van der Waals surface area contributed by atoms with Crippen LogP contribution in [0, 0.1) is 0 Å². The number of hydrogen-bond acceptors (Lipinski definition) is 1. The summed E-state index contributed by atoms with van der Waals surface area (Å²) in [6.07, 6.45) is 1.57. The topological polar surface area (TPSA) is 29.1 Å². The second-order valence-electron chi connectivity index (χ2n) is 1.63. The summed E-state index contributed by atoms with van der Waals surface area (Å²) in [4.78, 5) is 10.7. The number of carbonyl (C=O) groups is 1. The van der Waals surface area contributed by atoms with Crippen molar-refractivity contribution in [1.29, 1.82) is 0 Å². The lowest BCUT2D eigenvalue weighted by molar-refractivity contribution is -0.116. The van der Waals surface area contributed by atoms with Crippen molar-refractivity contribution >= 4 is 28.5 Å². The van der Waals surface area contributed by atoms with Crippen molar-refractivity contribution in [3.8, 4) is 0 Å². The van der Waals surface area contributed by atoms with Gasteiger partial charge in [0, 0.05) is 12.6 Å². The molecule has 3 heteroatoms. The Morgan fingerprint density at radius 1 is 1.78 bits per heavy atom. The highest BCUT2D eigenvalue weighted by atomic mass is 127. The Labute approximate surface area is 68.8 Å². The molecule has 52 valence electrons. The van der Waals surface area contributed by atoms with Crippen molar-refractivity contribution in [2.24, 2.45) is 0 Å². The molecular formula is C6H10INO. The van der Waals surface area contributed by atoms with E-state index in [0.717, 1.165) is 3.58 Å². The molecule has 0 aliphatic rings. The van der Waals surface area contributed by atoms with Crippen molar-refractivity contribution in [3.05, 3.63) is 9.66 Å². The Kier molecular flexibility index (Phi) is 4.75. The zero-order chi connectivity index (χ0) is 7.28. The maximum Gasteiger partial charge on any atom is 0.244 e. The summed E-state index contributed by atoms with van der Waals surface area (Å²) in [5, 5.41) is 2.66. The molecule has 2 nitrogen and oxygen atoms in total. The van der Waals surface area contributed by atoms with Crippen LogP contribution in [0.2, 0.25) is 0 Å². The standard InChI is InChI=1S/C6H10INO/c1-3-8-6(9)4-5(2)7/h4H,3H2,1-2H3,(H,8,9). The van der Waals surface area contributed by atoms with Gasteiger partial charge in [0.05, 0.1) is 0 Å². The van der Waals surface area contributed by atoms with Gasteiger partial charge in [-0.1, -0.05) is 0 Å². The van der Waals surface area contributed by atoms with Crippen LogP contribution < -0.4 is 5.32 Å². The van der Waals surface area contributed by atoms with E-state index in [2.05, 4.69) is 27.9 Å². The lowest BCUT2D eigenvalue weighted by atomic mass is 10.5. The highest BCUT2D eigenvalue weighted by molar-refractivity contribution is 14.1. The summed E-state index contributed by atoms with van der Waals surface area (Å²) < 4.78 is 0.999. The van der Waals surface area contributed by atoms with Gasteiger partial charge in [-0.15, -0.1) is 0 Å². The minimum Gasteiger partial charge on any atom is -0.353 e. The average Bonchev–Trinajstić information content (AvgIpc) is 1.63. The third-order valence-electron chi connectivity index (χ3n) is 0.681. The molecule has 0 saturated carbocycles. The van der Waals surface area contributed by atoms with E-state index >= 15 is 0 Å². The van der Waals surface area contributed by atoms with E-state index in [9.17, 15) is 4.79 Å². The van der Waals surface area contributed by atoms with Crippen LogP contribution in [0.1, 0.15) is 13.8 Å². The molecule has 0 spiro atoms. The number of amides is 1. The zero-order valence-corrected chi connectivity index (χ0v) is 7.73. The number of likely N-dealkylation sites (N-methyl/N-ethyl adjacent to an activating group) is 1. The van der Waals surface area contributed by atoms with E-state index in [-0.39, 0.29) is 5.91 Å². The number of nitrogens with one attached hydrogen (secondary N) is 1. The molecule has 0 bridgehead atoms. The molecule has 1 N–H and O–H groups in total. The quantitative estimate of drug-likeness (QED) is 0.573. The molecule has 9 heavy (non-hydrogen) atoms. The van der Waals surface area contributed by atoms with Gasteiger partial charge in [-0.25, -0.2) is 0 Å². The zero-order valence-electron chi connectivity index (χ0n) is 5.57. The number of hydrogen-bond donors (Lipinski definition) is 1. The molecule has 0 radical (unpaired) electrons. The minimum atomic E-state index is -0.00981. The molecule has 0 atom stereocenters. The Morgan fingerprint density at radius 3 is 2.67 bits per heavy atom. The number of rotatable bonds is 2. The summed E-state index contributed by atoms with van der Waals surface area (Å²) in [6.45, 7) is 4.48. The number of allylic oxidation sites excluding steroid dienone is 1. The van der Waals surface area contributed by atoms with Crippen molar-refractivity contribution in [2.45, 2.75) is 13.8 Å². The second kappa shape index (κ2) is 4.78. The molecule has 0 aliphatic carbocycles. The molecule has 0 fully saturated rings. The molecule has 0 rings (SSSR count). The molecule has 0 aliphatic heterocycles. The molecule has 0 unspecified atom stereocenters. The van der Waals surface area contributed by atoms with Crippen LogP contribution in [0.25, 0.3) is 0 Å². The smallest absolute Gasteiger partial charge is 0.244 e. The molecule has 0 heterocycles. The summed E-state index contributed by atoms with van der Waals surface area (Å²) in [6, 6.07) is 0. The van der Waals surface area contributed by atoms with Crippen LogP contribution in [-0.4, -0.2) is 12.5 Å². The minimum absolute atomic E-state index is 0.00981. The third kappa shape index (κ3) is 5.82. The van der Waals surface area contributed by atoms with Crippen molar-refractivity contribution in [3.63, 3.8) is 0 Å². The maximum absolute atomic E-state index is 10.7. The fourth-order valence-corrected chi connectivity index (χ4v) is 0.689. The van der Waals surface area contributed by atoms with Gasteiger partial charge >= 0.3 is 0 Å². The fourth-order valence-electron chi connectivity index (χ4n) is 0.406. The second-order valence-corrected chi connectivity index (χ2v) is 3.33. The molecule has 1 amide bonds. The van der Waals surface area contributed by atoms with Crippen LogP contribution in [-0.2, 0) is 4.79 Å². The normalized spacial score (nSPS) is 11.2. The van der Waals surface area contributed by atoms with E-state index < -0.39 is 0 Å². The third-order valence-corrected chi connectivity index (χ3v) is 0.992. The first-order chi connectivity index (χ1) is 4.16. The number of carbonyl (C=O) groups excluding carboxylic acids is 1. The summed E-state index contributed by atoms with van der Waals surface area (Å²) in [5.74, 6) is -0.00981. The van der Waals surface area contributed by atoms with Crippen molar-refractivity contribution in [2.75, 3.05) is 6.54 Å². The Balaban J connectivity index is 3.63. The number of halogens is 1. The van der Waals surface area contributed by atoms with Crippen molar-refractivity contribution < 1.29 is 4.79 Å². The lowest BCUT2D eigenvalue weighted by Gasteiger charge is -1.93. The first-order valence-corrected chi connectivity index (χ1v) is 3.86. The predicted molar refractivity (Wildman–Crippen MR) is 46.5 cm³/mol. The van der Waals surface area contributed by atoms with Gasteiger partial charge in [-0.05, 0) is 40.0 Å². The Morgan fingerprint density at radius 2 is 2.33 bits per heavy atom. The molecule has 0 aromatic rings. The van der Waals surface area contributed by atoms with Gasteiger partial charge in [0.25, 0.3) is 0 Å². The SMILES string of the molecule is CCNC(=O)C=C(C)I.